The number of benzene rings is 1. The van der Waals surface area contributed by atoms with E-state index < -0.39 is 0 Å². The Hall–Kier alpha value is -0.240. The van der Waals surface area contributed by atoms with Gasteiger partial charge in [0.2, 0.25) is 0 Å². The zero-order valence-corrected chi connectivity index (χ0v) is 14.0. The largest absolute Gasteiger partial charge is 0.317 e. The maximum atomic E-state index is 6.33. The van der Waals surface area contributed by atoms with Gasteiger partial charge in [0.05, 0.1) is 0 Å². The smallest absolute Gasteiger partial charge is 0.0452 e. The zero-order chi connectivity index (χ0) is 14.5. The van der Waals surface area contributed by atoms with E-state index >= 15 is 0 Å². The molecule has 2 rings (SSSR count). The molecule has 1 aliphatic rings. The maximum Gasteiger partial charge on any atom is 0.0452 e. The molecule has 0 amide bonds. The first kappa shape index (κ1) is 16.1. The van der Waals surface area contributed by atoms with Gasteiger partial charge in [-0.2, -0.15) is 0 Å². The Morgan fingerprint density at radius 1 is 1.25 bits per heavy atom. The number of rotatable bonds is 5. The van der Waals surface area contributed by atoms with E-state index in [4.69, 9.17) is 23.2 Å². The van der Waals surface area contributed by atoms with Crippen LogP contribution in [0.1, 0.15) is 44.6 Å². The molecule has 20 heavy (non-hydrogen) atoms. The van der Waals surface area contributed by atoms with E-state index in [2.05, 4.69) is 25.4 Å². The fourth-order valence-electron chi connectivity index (χ4n) is 3.61. The average molecular weight is 314 g/mol. The number of hydrogen-bond acceptors (Lipinski definition) is 1. The lowest BCUT2D eigenvalue weighted by Gasteiger charge is -2.36. The quantitative estimate of drug-likeness (QED) is 0.773. The molecule has 1 N–H and O–H groups in total. The van der Waals surface area contributed by atoms with Crippen molar-refractivity contribution < 1.29 is 0 Å². The van der Waals surface area contributed by atoms with Crippen molar-refractivity contribution in [2.45, 2.75) is 51.5 Å². The van der Waals surface area contributed by atoms with Gasteiger partial charge in [0.1, 0.15) is 0 Å². The minimum atomic E-state index is 0.620. The van der Waals surface area contributed by atoms with Crippen LogP contribution in [0.3, 0.4) is 0 Å². The Morgan fingerprint density at radius 3 is 2.70 bits per heavy atom. The third-order valence-electron chi connectivity index (χ3n) is 4.66. The topological polar surface area (TPSA) is 12.0 Å². The van der Waals surface area contributed by atoms with Crippen molar-refractivity contribution in [3.8, 4) is 0 Å². The average Bonchev–Trinajstić information content (AvgIpc) is 2.43. The molecule has 1 fully saturated rings. The molecule has 0 aliphatic heterocycles. The van der Waals surface area contributed by atoms with E-state index in [1.807, 2.05) is 12.1 Å². The molecule has 112 valence electrons. The van der Waals surface area contributed by atoms with Crippen LogP contribution in [0.15, 0.2) is 18.2 Å². The zero-order valence-electron chi connectivity index (χ0n) is 12.5. The summed E-state index contributed by atoms with van der Waals surface area (Å²) in [6, 6.07) is 6.51. The Bertz CT molecular complexity index is 433. The number of hydrogen-bond donors (Lipinski definition) is 1. The van der Waals surface area contributed by atoms with Crippen molar-refractivity contribution in [1.82, 2.24) is 5.32 Å². The lowest BCUT2D eigenvalue weighted by atomic mass is 9.74. The Labute approximate surface area is 133 Å². The van der Waals surface area contributed by atoms with Crippen LogP contribution in [0, 0.1) is 11.8 Å². The monoisotopic (exact) mass is 313 g/mol. The minimum Gasteiger partial charge on any atom is -0.317 e. The Morgan fingerprint density at radius 2 is 2.05 bits per heavy atom. The van der Waals surface area contributed by atoms with Crippen molar-refractivity contribution in [3.05, 3.63) is 33.8 Å². The molecule has 0 aromatic heterocycles. The Balaban J connectivity index is 2.07. The fourth-order valence-corrected chi connectivity index (χ4v) is 4.09. The van der Waals surface area contributed by atoms with Crippen molar-refractivity contribution >= 4 is 23.2 Å². The molecule has 1 aromatic carbocycles. The first-order valence-electron chi connectivity index (χ1n) is 7.75. The van der Waals surface area contributed by atoms with E-state index in [9.17, 15) is 0 Å². The summed E-state index contributed by atoms with van der Waals surface area (Å²) in [7, 11) is 2.08. The van der Waals surface area contributed by atoms with Crippen LogP contribution < -0.4 is 5.32 Å². The van der Waals surface area contributed by atoms with Crippen LogP contribution in [-0.2, 0) is 6.42 Å². The molecule has 3 atom stereocenters. The summed E-state index contributed by atoms with van der Waals surface area (Å²) < 4.78 is 0. The molecule has 0 bridgehead atoms. The highest BCUT2D eigenvalue weighted by molar-refractivity contribution is 6.35. The van der Waals surface area contributed by atoms with E-state index in [1.165, 1.54) is 37.7 Å². The lowest BCUT2D eigenvalue weighted by Crippen LogP contribution is -2.39. The molecule has 1 saturated carbocycles. The molecule has 0 saturated heterocycles. The molecule has 1 aliphatic carbocycles. The second-order valence-corrected chi connectivity index (χ2v) is 6.91. The normalized spacial score (nSPS) is 26.7. The van der Waals surface area contributed by atoms with Gasteiger partial charge in [0.15, 0.2) is 0 Å². The standard InChI is InChI=1S/C17H25Cl2N/c1-3-4-12-5-8-17(20-2)14(9-12)10-13-6-7-15(18)11-16(13)19/h6-7,11-12,14,17,20H,3-5,8-10H2,1-2H3. The van der Waals surface area contributed by atoms with Crippen molar-refractivity contribution in [2.75, 3.05) is 7.05 Å². The first-order chi connectivity index (χ1) is 9.63. The summed E-state index contributed by atoms with van der Waals surface area (Å²) in [5.74, 6) is 1.57. The SMILES string of the molecule is CCCC1CCC(NC)C(Cc2ccc(Cl)cc2Cl)C1. The molecular weight excluding hydrogens is 289 g/mol. The molecule has 1 aromatic rings. The molecular formula is C17H25Cl2N. The second kappa shape index (κ2) is 7.68. The number of nitrogens with one attached hydrogen (secondary N) is 1. The van der Waals surface area contributed by atoms with E-state index in [-0.39, 0.29) is 0 Å². The van der Waals surface area contributed by atoms with E-state index in [1.54, 1.807) is 0 Å². The Kier molecular flexibility index (Phi) is 6.20. The summed E-state index contributed by atoms with van der Waals surface area (Å²) in [6.07, 6.45) is 7.69. The lowest BCUT2D eigenvalue weighted by molar-refractivity contribution is 0.200. The predicted octanol–water partition coefficient (Wildman–Crippen LogP) is 5.34. The van der Waals surface area contributed by atoms with Gasteiger partial charge in [0, 0.05) is 16.1 Å². The van der Waals surface area contributed by atoms with Crippen LogP contribution in [0.2, 0.25) is 10.0 Å². The van der Waals surface area contributed by atoms with Gasteiger partial charge >= 0.3 is 0 Å². The highest BCUT2D eigenvalue weighted by atomic mass is 35.5. The summed E-state index contributed by atoms with van der Waals surface area (Å²) in [4.78, 5) is 0. The van der Waals surface area contributed by atoms with Crippen LogP contribution in [-0.4, -0.2) is 13.1 Å². The highest BCUT2D eigenvalue weighted by Crippen LogP contribution is 2.35. The maximum absolute atomic E-state index is 6.33. The van der Waals surface area contributed by atoms with Gasteiger partial charge < -0.3 is 5.32 Å². The van der Waals surface area contributed by atoms with Crippen LogP contribution in [0.5, 0.6) is 0 Å². The van der Waals surface area contributed by atoms with Gasteiger partial charge in [0.25, 0.3) is 0 Å². The third-order valence-corrected chi connectivity index (χ3v) is 5.24. The summed E-state index contributed by atoms with van der Waals surface area (Å²) in [6.45, 7) is 2.29. The van der Waals surface area contributed by atoms with Crippen LogP contribution in [0.25, 0.3) is 0 Å². The molecule has 0 spiro atoms. The van der Waals surface area contributed by atoms with Gasteiger partial charge in [-0.05, 0) is 62.3 Å². The third kappa shape index (κ3) is 4.13. The molecule has 1 nitrogen and oxygen atoms in total. The van der Waals surface area contributed by atoms with Crippen molar-refractivity contribution in [2.24, 2.45) is 11.8 Å². The number of halogens is 2. The van der Waals surface area contributed by atoms with E-state index in [0.29, 0.717) is 12.0 Å². The first-order valence-corrected chi connectivity index (χ1v) is 8.50. The van der Waals surface area contributed by atoms with E-state index in [0.717, 1.165) is 22.4 Å². The highest BCUT2D eigenvalue weighted by Gasteiger charge is 2.29. The van der Waals surface area contributed by atoms with Gasteiger partial charge in [-0.3, -0.25) is 0 Å². The fraction of sp³-hybridized carbons (Fsp3) is 0.647. The van der Waals surface area contributed by atoms with Gasteiger partial charge in [-0.25, -0.2) is 0 Å². The van der Waals surface area contributed by atoms with Gasteiger partial charge in [-0.15, -0.1) is 0 Å². The van der Waals surface area contributed by atoms with Crippen LogP contribution >= 0.6 is 23.2 Å². The predicted molar refractivity (Wildman–Crippen MR) is 88.8 cm³/mol. The summed E-state index contributed by atoms with van der Waals surface area (Å²) >= 11 is 12.3. The van der Waals surface area contributed by atoms with Crippen LogP contribution in [0.4, 0.5) is 0 Å². The van der Waals surface area contributed by atoms with Crippen molar-refractivity contribution in [3.63, 3.8) is 0 Å². The van der Waals surface area contributed by atoms with Crippen molar-refractivity contribution in [1.29, 1.82) is 0 Å². The second-order valence-electron chi connectivity index (χ2n) is 6.06. The summed E-state index contributed by atoms with van der Waals surface area (Å²) in [5, 5.41) is 5.03. The molecule has 0 heterocycles. The molecule has 0 radical (unpaired) electrons. The minimum absolute atomic E-state index is 0.620. The van der Waals surface area contributed by atoms with Gasteiger partial charge in [-0.1, -0.05) is 49.0 Å². The summed E-state index contributed by atoms with van der Waals surface area (Å²) in [5.41, 5.74) is 1.23. The molecule has 3 unspecified atom stereocenters. The molecule has 3 heteroatoms.